The van der Waals surface area contributed by atoms with Gasteiger partial charge < -0.3 is 14.6 Å². The second-order valence-corrected chi connectivity index (χ2v) is 4.69. The maximum Gasteiger partial charge on any atom is 0.230 e. The Morgan fingerprint density at radius 2 is 2.04 bits per heavy atom. The third-order valence-electron chi connectivity index (χ3n) is 2.93. The molecule has 2 heterocycles. The van der Waals surface area contributed by atoms with Gasteiger partial charge in [0.25, 0.3) is 0 Å². The molecule has 1 aromatic carbocycles. The van der Waals surface area contributed by atoms with Crippen molar-refractivity contribution < 1.29 is 18.0 Å². The molecule has 23 heavy (non-hydrogen) atoms. The predicted octanol–water partition coefficient (Wildman–Crippen LogP) is 3.82. The van der Waals surface area contributed by atoms with E-state index in [0.717, 1.165) is 0 Å². The molecule has 0 bridgehead atoms. The molecule has 118 valence electrons. The Balaban J connectivity index is 1.89. The zero-order valence-electron chi connectivity index (χ0n) is 11.7. The van der Waals surface area contributed by atoms with Gasteiger partial charge in [-0.15, -0.1) is 0 Å². The minimum Gasteiger partial charge on any atom is -0.494 e. The number of hydrogen-bond donors (Lipinski definition) is 1. The molecule has 0 aliphatic rings. The van der Waals surface area contributed by atoms with Gasteiger partial charge in [-0.2, -0.15) is 4.39 Å². The number of anilines is 2. The topological polar surface area (TPSA) is 73.1 Å². The molecule has 0 aliphatic carbocycles. The van der Waals surface area contributed by atoms with E-state index in [1.165, 1.54) is 31.5 Å². The van der Waals surface area contributed by atoms with Gasteiger partial charge in [0, 0.05) is 17.8 Å². The van der Waals surface area contributed by atoms with E-state index in [1.807, 2.05) is 0 Å². The number of methoxy groups -OCH3 is 1. The molecule has 0 radical (unpaired) electrons. The molecule has 1 N–H and O–H groups in total. The minimum atomic E-state index is -1.09. The molecule has 3 aromatic rings. The fourth-order valence-electron chi connectivity index (χ4n) is 1.88. The third kappa shape index (κ3) is 3.07. The molecule has 2 aromatic heterocycles. The van der Waals surface area contributed by atoms with Crippen LogP contribution in [-0.2, 0) is 0 Å². The summed E-state index contributed by atoms with van der Waals surface area (Å²) in [7, 11) is 1.25. The number of hydrogen-bond acceptors (Lipinski definition) is 6. The highest BCUT2D eigenvalue weighted by Gasteiger charge is 2.18. The third-order valence-corrected chi connectivity index (χ3v) is 3.11. The lowest BCUT2D eigenvalue weighted by molar-refractivity contribution is 0.372. The molecule has 0 atom stereocenters. The van der Waals surface area contributed by atoms with Crippen molar-refractivity contribution in [3.63, 3.8) is 0 Å². The lowest BCUT2D eigenvalue weighted by Crippen LogP contribution is -1.95. The van der Waals surface area contributed by atoms with Crippen LogP contribution in [-0.4, -0.2) is 22.2 Å². The highest BCUT2D eigenvalue weighted by Crippen LogP contribution is 2.30. The fraction of sp³-hybridized carbons (Fsp3) is 0.0714. The van der Waals surface area contributed by atoms with Crippen molar-refractivity contribution in [1.82, 2.24) is 15.1 Å². The highest BCUT2D eigenvalue weighted by atomic mass is 35.5. The zero-order valence-corrected chi connectivity index (χ0v) is 12.4. The normalized spacial score (nSPS) is 10.6. The van der Waals surface area contributed by atoms with Crippen LogP contribution in [0.25, 0.3) is 11.3 Å². The van der Waals surface area contributed by atoms with Crippen LogP contribution in [0.4, 0.5) is 20.5 Å². The van der Waals surface area contributed by atoms with Crippen molar-refractivity contribution in [3.05, 3.63) is 47.4 Å². The van der Waals surface area contributed by atoms with Crippen LogP contribution in [0, 0.1) is 11.6 Å². The van der Waals surface area contributed by atoms with Crippen LogP contribution in [0.1, 0.15) is 0 Å². The monoisotopic (exact) mass is 338 g/mol. The number of nitrogens with zero attached hydrogens (tertiary/aromatic N) is 3. The van der Waals surface area contributed by atoms with E-state index in [2.05, 4.69) is 20.4 Å². The van der Waals surface area contributed by atoms with E-state index >= 15 is 0 Å². The molecule has 0 saturated heterocycles. The first-order chi connectivity index (χ1) is 11.1. The molecule has 0 amide bonds. The number of aromatic nitrogens is 3. The smallest absolute Gasteiger partial charge is 0.230 e. The summed E-state index contributed by atoms with van der Waals surface area (Å²) in [6.07, 6.45) is 1.45. The summed E-state index contributed by atoms with van der Waals surface area (Å²) in [5.74, 6) is -1.80. The second-order valence-electron chi connectivity index (χ2n) is 4.36. The van der Waals surface area contributed by atoms with E-state index in [1.54, 1.807) is 6.07 Å². The average Bonchev–Trinajstić information content (AvgIpc) is 2.98. The maximum absolute atomic E-state index is 14.0. The standard InChI is InChI=1S/C14H9ClF2N4O2/c1-22-9-3-2-7(12(16)13(9)17)8-6-11(23-21-8)19-10-4-5-18-14(15)20-10/h2-6H,1H3,(H,18,19,20). The van der Waals surface area contributed by atoms with Gasteiger partial charge in [-0.1, -0.05) is 5.16 Å². The summed E-state index contributed by atoms with van der Waals surface area (Å²) in [6.45, 7) is 0. The van der Waals surface area contributed by atoms with Gasteiger partial charge in [0.2, 0.25) is 17.0 Å². The average molecular weight is 339 g/mol. The first-order valence-electron chi connectivity index (χ1n) is 6.33. The van der Waals surface area contributed by atoms with Crippen LogP contribution in [0.3, 0.4) is 0 Å². The molecular formula is C14H9ClF2N4O2. The van der Waals surface area contributed by atoms with Crippen LogP contribution < -0.4 is 10.1 Å². The largest absolute Gasteiger partial charge is 0.494 e. The van der Waals surface area contributed by atoms with Crippen molar-refractivity contribution in [2.45, 2.75) is 0 Å². The maximum atomic E-state index is 14.0. The van der Waals surface area contributed by atoms with Gasteiger partial charge in [0.05, 0.1) is 7.11 Å². The quantitative estimate of drug-likeness (QED) is 0.729. The van der Waals surface area contributed by atoms with E-state index < -0.39 is 11.6 Å². The fourth-order valence-corrected chi connectivity index (χ4v) is 2.03. The van der Waals surface area contributed by atoms with E-state index in [4.69, 9.17) is 20.9 Å². The molecule has 3 rings (SSSR count). The molecule has 0 spiro atoms. The van der Waals surface area contributed by atoms with Crippen molar-refractivity contribution >= 4 is 23.3 Å². The van der Waals surface area contributed by atoms with Gasteiger partial charge in [-0.05, 0) is 29.8 Å². The molecular weight excluding hydrogens is 330 g/mol. The Labute approximate surface area is 134 Å². The van der Waals surface area contributed by atoms with Crippen LogP contribution >= 0.6 is 11.6 Å². The lowest BCUT2D eigenvalue weighted by atomic mass is 10.1. The first-order valence-corrected chi connectivity index (χ1v) is 6.71. The lowest BCUT2D eigenvalue weighted by Gasteiger charge is -2.04. The van der Waals surface area contributed by atoms with E-state index in [-0.39, 0.29) is 28.2 Å². The number of ether oxygens (including phenoxy) is 1. The number of rotatable bonds is 4. The van der Waals surface area contributed by atoms with Crippen molar-refractivity contribution in [2.75, 3.05) is 12.4 Å². The first kappa shape index (κ1) is 15.2. The molecule has 0 fully saturated rings. The van der Waals surface area contributed by atoms with Gasteiger partial charge in [-0.25, -0.2) is 14.4 Å². The number of nitrogens with one attached hydrogen (secondary N) is 1. The van der Waals surface area contributed by atoms with Gasteiger partial charge in [0.15, 0.2) is 11.6 Å². The second kappa shape index (κ2) is 6.17. The van der Waals surface area contributed by atoms with Crippen molar-refractivity contribution in [1.29, 1.82) is 0 Å². The van der Waals surface area contributed by atoms with E-state index in [0.29, 0.717) is 5.82 Å². The van der Waals surface area contributed by atoms with Gasteiger partial charge >= 0.3 is 0 Å². The summed E-state index contributed by atoms with van der Waals surface area (Å²) in [6, 6.07) is 5.61. The van der Waals surface area contributed by atoms with Crippen LogP contribution in [0.15, 0.2) is 35.0 Å². The summed E-state index contributed by atoms with van der Waals surface area (Å²) < 4.78 is 37.5. The molecule has 0 unspecified atom stereocenters. The van der Waals surface area contributed by atoms with Crippen LogP contribution in [0.5, 0.6) is 5.75 Å². The van der Waals surface area contributed by atoms with Crippen LogP contribution in [0.2, 0.25) is 5.28 Å². The Morgan fingerprint density at radius 1 is 1.22 bits per heavy atom. The number of benzene rings is 1. The van der Waals surface area contributed by atoms with Gasteiger partial charge in [-0.3, -0.25) is 0 Å². The Kier molecular flexibility index (Phi) is 4.07. The molecule has 0 aliphatic heterocycles. The SMILES string of the molecule is COc1ccc(-c2cc(Nc3ccnc(Cl)n3)on2)c(F)c1F. The highest BCUT2D eigenvalue weighted by molar-refractivity contribution is 6.28. The Bertz CT molecular complexity index is 857. The van der Waals surface area contributed by atoms with Crippen molar-refractivity contribution in [2.24, 2.45) is 0 Å². The predicted molar refractivity (Wildman–Crippen MR) is 78.7 cm³/mol. The van der Waals surface area contributed by atoms with Gasteiger partial charge in [0.1, 0.15) is 11.5 Å². The summed E-state index contributed by atoms with van der Waals surface area (Å²) >= 11 is 5.67. The molecule has 0 saturated carbocycles. The summed E-state index contributed by atoms with van der Waals surface area (Å²) in [5.41, 5.74) is 0.0625. The number of halogens is 3. The molecule has 6 nitrogen and oxygen atoms in total. The summed E-state index contributed by atoms with van der Waals surface area (Å²) in [5, 5.41) is 6.54. The van der Waals surface area contributed by atoms with Crippen molar-refractivity contribution in [3.8, 4) is 17.0 Å². The molecule has 9 heteroatoms. The minimum absolute atomic E-state index is 0.0537. The zero-order chi connectivity index (χ0) is 16.4. The Morgan fingerprint density at radius 3 is 2.78 bits per heavy atom. The van der Waals surface area contributed by atoms with E-state index in [9.17, 15) is 8.78 Å². The Hall–Kier alpha value is -2.74. The summed E-state index contributed by atoms with van der Waals surface area (Å²) in [4.78, 5) is 7.65.